The van der Waals surface area contributed by atoms with Gasteiger partial charge < -0.3 is 15.5 Å². The van der Waals surface area contributed by atoms with Gasteiger partial charge in [-0.1, -0.05) is 6.07 Å². The van der Waals surface area contributed by atoms with Crippen molar-refractivity contribution >= 4 is 11.4 Å². The molecule has 0 bridgehead atoms. The molecule has 2 N–H and O–H groups in total. The lowest BCUT2D eigenvalue weighted by atomic mass is 10.0. The van der Waals surface area contributed by atoms with Gasteiger partial charge in [0.1, 0.15) is 0 Å². The molecule has 0 aromatic heterocycles. The maximum atomic E-state index is 6.12. The highest BCUT2D eigenvalue weighted by Gasteiger charge is 2.22. The third kappa shape index (κ3) is 2.72. The van der Waals surface area contributed by atoms with Crippen molar-refractivity contribution in [1.82, 2.24) is 4.90 Å². The summed E-state index contributed by atoms with van der Waals surface area (Å²) >= 11 is 0. The second kappa shape index (κ2) is 4.96. The van der Waals surface area contributed by atoms with E-state index in [2.05, 4.69) is 49.0 Å². The van der Waals surface area contributed by atoms with E-state index in [-0.39, 0.29) is 0 Å². The van der Waals surface area contributed by atoms with Gasteiger partial charge in [-0.15, -0.1) is 0 Å². The molecule has 1 aliphatic heterocycles. The van der Waals surface area contributed by atoms with Crippen LogP contribution in [-0.4, -0.2) is 38.1 Å². The topological polar surface area (TPSA) is 32.5 Å². The summed E-state index contributed by atoms with van der Waals surface area (Å²) in [4.78, 5) is 4.74. The first-order valence-electron chi connectivity index (χ1n) is 6.35. The zero-order valence-electron chi connectivity index (χ0n) is 11.1. The van der Waals surface area contributed by atoms with Crippen LogP contribution in [0.2, 0.25) is 0 Å². The van der Waals surface area contributed by atoms with Crippen molar-refractivity contribution in [2.45, 2.75) is 25.8 Å². The van der Waals surface area contributed by atoms with E-state index in [0.717, 1.165) is 18.8 Å². The minimum atomic E-state index is 0.643. The van der Waals surface area contributed by atoms with Gasteiger partial charge in [-0.2, -0.15) is 0 Å². The summed E-state index contributed by atoms with van der Waals surface area (Å²) in [5, 5.41) is 0. The normalized spacial score (nSPS) is 20.9. The smallest absolute Gasteiger partial charge is 0.0600 e. The van der Waals surface area contributed by atoms with E-state index in [1.165, 1.54) is 24.1 Å². The molecule has 1 fully saturated rings. The van der Waals surface area contributed by atoms with E-state index >= 15 is 0 Å². The second-order valence-electron chi connectivity index (χ2n) is 5.27. The number of rotatable bonds is 2. The highest BCUT2D eigenvalue weighted by molar-refractivity contribution is 5.68. The van der Waals surface area contributed by atoms with Crippen LogP contribution >= 0.6 is 0 Å². The molecule has 1 atom stereocenters. The maximum Gasteiger partial charge on any atom is 0.0600 e. The van der Waals surface area contributed by atoms with Gasteiger partial charge in [-0.25, -0.2) is 0 Å². The summed E-state index contributed by atoms with van der Waals surface area (Å²) in [5.74, 6) is 0. The van der Waals surface area contributed by atoms with Gasteiger partial charge in [0, 0.05) is 19.1 Å². The number of hydrogen-bond donors (Lipinski definition) is 1. The number of anilines is 2. The number of benzene rings is 1. The Morgan fingerprint density at radius 2 is 2.12 bits per heavy atom. The molecule has 17 heavy (non-hydrogen) atoms. The van der Waals surface area contributed by atoms with Crippen molar-refractivity contribution < 1.29 is 0 Å². The molecule has 2 rings (SSSR count). The van der Waals surface area contributed by atoms with Crippen molar-refractivity contribution in [1.29, 1.82) is 0 Å². The van der Waals surface area contributed by atoms with Gasteiger partial charge in [0.05, 0.1) is 11.4 Å². The Hall–Kier alpha value is -1.22. The van der Waals surface area contributed by atoms with Crippen LogP contribution in [0.15, 0.2) is 18.2 Å². The molecule has 0 radical (unpaired) electrons. The first-order valence-corrected chi connectivity index (χ1v) is 6.35. The van der Waals surface area contributed by atoms with E-state index in [1.807, 2.05) is 0 Å². The molecule has 94 valence electrons. The van der Waals surface area contributed by atoms with Crippen LogP contribution in [0.3, 0.4) is 0 Å². The quantitative estimate of drug-likeness (QED) is 0.794. The molecule has 1 aliphatic rings. The molecular formula is C14H23N3. The first-order chi connectivity index (χ1) is 8.08. The maximum absolute atomic E-state index is 6.12. The molecule has 1 heterocycles. The summed E-state index contributed by atoms with van der Waals surface area (Å²) in [7, 11) is 4.32. The third-order valence-electron chi connectivity index (χ3n) is 3.65. The lowest BCUT2D eigenvalue weighted by Gasteiger charge is -2.38. The number of piperidine rings is 1. The van der Waals surface area contributed by atoms with Crippen LogP contribution in [0.25, 0.3) is 0 Å². The molecule has 3 heteroatoms. The SMILES string of the molecule is Cc1ccc(N2CCCC(N(C)C)C2)c(N)c1. The average molecular weight is 233 g/mol. The number of hydrogen-bond acceptors (Lipinski definition) is 3. The monoisotopic (exact) mass is 233 g/mol. The number of nitrogens with two attached hydrogens (primary N) is 1. The molecule has 1 aromatic carbocycles. The second-order valence-corrected chi connectivity index (χ2v) is 5.27. The Kier molecular flexibility index (Phi) is 3.57. The van der Waals surface area contributed by atoms with Gasteiger partial charge in [-0.05, 0) is 51.6 Å². The van der Waals surface area contributed by atoms with Gasteiger partial charge in [0.2, 0.25) is 0 Å². The Morgan fingerprint density at radius 1 is 1.35 bits per heavy atom. The highest BCUT2D eigenvalue weighted by atomic mass is 15.2. The van der Waals surface area contributed by atoms with Crippen LogP contribution in [-0.2, 0) is 0 Å². The molecular weight excluding hydrogens is 210 g/mol. The zero-order chi connectivity index (χ0) is 12.4. The van der Waals surface area contributed by atoms with Crippen molar-refractivity contribution in [3.05, 3.63) is 23.8 Å². The third-order valence-corrected chi connectivity index (χ3v) is 3.65. The van der Waals surface area contributed by atoms with Crippen molar-refractivity contribution in [3.63, 3.8) is 0 Å². The van der Waals surface area contributed by atoms with Crippen molar-refractivity contribution in [3.8, 4) is 0 Å². The molecule has 3 nitrogen and oxygen atoms in total. The number of aryl methyl sites for hydroxylation is 1. The predicted molar refractivity (Wildman–Crippen MR) is 74.5 cm³/mol. The van der Waals surface area contributed by atoms with Crippen LogP contribution in [0.4, 0.5) is 11.4 Å². The summed E-state index contributed by atoms with van der Waals surface area (Å²) in [6.07, 6.45) is 2.53. The van der Waals surface area contributed by atoms with Crippen LogP contribution < -0.4 is 10.6 Å². The molecule has 1 unspecified atom stereocenters. The Labute approximate surface area is 104 Å². The highest BCUT2D eigenvalue weighted by Crippen LogP contribution is 2.27. The van der Waals surface area contributed by atoms with Crippen LogP contribution in [0, 0.1) is 6.92 Å². The van der Waals surface area contributed by atoms with Crippen LogP contribution in [0.1, 0.15) is 18.4 Å². The molecule has 0 spiro atoms. The minimum absolute atomic E-state index is 0.643. The van der Waals surface area contributed by atoms with Crippen molar-refractivity contribution in [2.24, 2.45) is 0 Å². The number of nitrogen functional groups attached to an aromatic ring is 1. The van der Waals surface area contributed by atoms with E-state index in [1.54, 1.807) is 0 Å². The summed E-state index contributed by atoms with van der Waals surface area (Å²) in [6.45, 7) is 4.29. The first kappa shape index (κ1) is 12.2. The molecule has 0 aliphatic carbocycles. The Bertz CT molecular complexity index is 387. The minimum Gasteiger partial charge on any atom is -0.397 e. The predicted octanol–water partition coefficient (Wildman–Crippen LogP) is 2.11. The molecule has 1 saturated heterocycles. The molecule has 0 saturated carbocycles. The summed E-state index contributed by atoms with van der Waals surface area (Å²) in [5.41, 5.74) is 9.45. The lowest BCUT2D eigenvalue weighted by molar-refractivity contribution is 0.258. The fraction of sp³-hybridized carbons (Fsp3) is 0.571. The number of likely N-dealkylation sites (N-methyl/N-ethyl adjacent to an activating group) is 1. The van der Waals surface area contributed by atoms with E-state index in [9.17, 15) is 0 Å². The van der Waals surface area contributed by atoms with Crippen molar-refractivity contribution in [2.75, 3.05) is 37.8 Å². The van der Waals surface area contributed by atoms with E-state index < -0.39 is 0 Å². The Morgan fingerprint density at radius 3 is 2.76 bits per heavy atom. The molecule has 0 amide bonds. The van der Waals surface area contributed by atoms with Gasteiger partial charge in [-0.3, -0.25) is 0 Å². The zero-order valence-corrected chi connectivity index (χ0v) is 11.1. The largest absolute Gasteiger partial charge is 0.397 e. The Balaban J connectivity index is 2.16. The van der Waals surface area contributed by atoms with Gasteiger partial charge >= 0.3 is 0 Å². The van der Waals surface area contributed by atoms with E-state index in [0.29, 0.717) is 6.04 Å². The average Bonchev–Trinajstić information content (AvgIpc) is 2.29. The van der Waals surface area contributed by atoms with Gasteiger partial charge in [0.25, 0.3) is 0 Å². The lowest BCUT2D eigenvalue weighted by Crippen LogP contribution is -2.45. The van der Waals surface area contributed by atoms with Gasteiger partial charge in [0.15, 0.2) is 0 Å². The number of nitrogens with zero attached hydrogens (tertiary/aromatic N) is 2. The molecule has 1 aromatic rings. The van der Waals surface area contributed by atoms with Crippen LogP contribution in [0.5, 0.6) is 0 Å². The van der Waals surface area contributed by atoms with E-state index in [4.69, 9.17) is 5.73 Å². The fourth-order valence-electron chi connectivity index (χ4n) is 2.56. The fourth-order valence-corrected chi connectivity index (χ4v) is 2.56. The standard InChI is InChI=1S/C14H23N3/c1-11-6-7-14(13(15)9-11)17-8-4-5-12(10-17)16(2)3/h6-7,9,12H,4-5,8,10,15H2,1-3H3. The summed E-state index contributed by atoms with van der Waals surface area (Å²) < 4.78 is 0. The summed E-state index contributed by atoms with van der Waals surface area (Å²) in [6, 6.07) is 7.01.